The van der Waals surface area contributed by atoms with Gasteiger partial charge in [-0.25, -0.2) is 0 Å². The van der Waals surface area contributed by atoms with E-state index in [4.69, 9.17) is 5.26 Å². The molecule has 1 aromatic carbocycles. The van der Waals surface area contributed by atoms with Crippen LogP contribution in [0.1, 0.15) is 11.3 Å². The van der Waals surface area contributed by atoms with Gasteiger partial charge in [-0.3, -0.25) is 4.98 Å². The van der Waals surface area contributed by atoms with Crippen LogP contribution >= 0.6 is 0 Å². The van der Waals surface area contributed by atoms with Gasteiger partial charge in [-0.2, -0.15) is 9.83 Å². The van der Waals surface area contributed by atoms with Crippen molar-refractivity contribution in [1.82, 2.24) is 4.98 Å². The summed E-state index contributed by atoms with van der Waals surface area (Å²) in [6, 6.07) is 12.3. The fourth-order valence-electron chi connectivity index (χ4n) is 1.58. The molecule has 0 saturated heterocycles. The molecule has 3 nitrogen and oxygen atoms in total. The number of aromatic nitrogens is 2. The molecule has 0 saturated carbocycles. The van der Waals surface area contributed by atoms with Gasteiger partial charge >= 0.3 is 0 Å². The van der Waals surface area contributed by atoms with Crippen molar-refractivity contribution in [2.24, 2.45) is 0 Å². The number of hydrogen-bond acceptors (Lipinski definition) is 2. The molecule has 0 fully saturated rings. The van der Waals surface area contributed by atoms with Crippen molar-refractivity contribution < 1.29 is 4.57 Å². The van der Waals surface area contributed by atoms with Crippen LogP contribution in [-0.2, 0) is 13.0 Å². The first-order valence-corrected chi connectivity index (χ1v) is 5.13. The van der Waals surface area contributed by atoms with Gasteiger partial charge in [0.05, 0.1) is 18.5 Å². The number of rotatable bonds is 3. The lowest BCUT2D eigenvalue weighted by Crippen LogP contribution is -2.38. The molecule has 0 aliphatic rings. The highest BCUT2D eigenvalue weighted by Crippen LogP contribution is 1.98. The molecule has 0 atom stereocenters. The van der Waals surface area contributed by atoms with E-state index >= 15 is 0 Å². The van der Waals surface area contributed by atoms with Gasteiger partial charge in [0, 0.05) is 5.56 Å². The van der Waals surface area contributed by atoms with E-state index in [-0.39, 0.29) is 0 Å². The molecule has 0 bridgehead atoms. The van der Waals surface area contributed by atoms with Crippen LogP contribution in [0.4, 0.5) is 0 Å². The van der Waals surface area contributed by atoms with Crippen molar-refractivity contribution in [3.63, 3.8) is 0 Å². The molecular weight excluding hydrogens is 198 g/mol. The third kappa shape index (κ3) is 2.43. The Labute approximate surface area is 94.6 Å². The number of hydrogen-bond donors (Lipinski definition) is 0. The van der Waals surface area contributed by atoms with Crippen molar-refractivity contribution in [2.45, 2.75) is 13.0 Å². The summed E-state index contributed by atoms with van der Waals surface area (Å²) in [7, 11) is 0. The van der Waals surface area contributed by atoms with Crippen LogP contribution in [0, 0.1) is 11.3 Å². The Bertz CT molecular complexity index is 500. The largest absolute Gasteiger partial charge is 0.252 e. The Morgan fingerprint density at radius 2 is 2.06 bits per heavy atom. The number of nitriles is 1. The van der Waals surface area contributed by atoms with Crippen LogP contribution in [0.15, 0.2) is 48.9 Å². The first-order valence-electron chi connectivity index (χ1n) is 5.13. The average Bonchev–Trinajstić information content (AvgIpc) is 2.33. The molecule has 1 aromatic heterocycles. The molecule has 0 radical (unpaired) electrons. The fraction of sp³-hybridized carbons (Fsp3) is 0.154. The molecule has 3 heteroatoms. The van der Waals surface area contributed by atoms with Crippen molar-refractivity contribution in [1.29, 1.82) is 5.26 Å². The minimum absolute atomic E-state index is 0.390. The summed E-state index contributed by atoms with van der Waals surface area (Å²) in [5, 5.41) is 8.72. The Kier molecular flexibility index (Phi) is 3.25. The van der Waals surface area contributed by atoms with E-state index in [1.165, 1.54) is 5.56 Å². The second kappa shape index (κ2) is 5.04. The lowest BCUT2D eigenvalue weighted by molar-refractivity contribution is -0.695. The molecule has 0 N–H and O–H groups in total. The van der Waals surface area contributed by atoms with Crippen molar-refractivity contribution in [2.75, 3.05) is 0 Å². The van der Waals surface area contributed by atoms with Gasteiger partial charge in [0.15, 0.2) is 12.7 Å². The molecule has 0 amide bonds. The van der Waals surface area contributed by atoms with Gasteiger partial charge in [0.25, 0.3) is 0 Å². The Balaban J connectivity index is 2.25. The second-order valence-electron chi connectivity index (χ2n) is 3.52. The lowest BCUT2D eigenvalue weighted by atomic mass is 10.2. The van der Waals surface area contributed by atoms with Crippen LogP contribution < -0.4 is 4.57 Å². The predicted molar refractivity (Wildman–Crippen MR) is 59.3 cm³/mol. The van der Waals surface area contributed by atoms with E-state index in [1.54, 1.807) is 12.4 Å². The molecule has 78 valence electrons. The summed E-state index contributed by atoms with van der Waals surface area (Å²) >= 11 is 0. The van der Waals surface area contributed by atoms with Crippen molar-refractivity contribution in [3.8, 4) is 6.07 Å². The summed E-state index contributed by atoms with van der Waals surface area (Å²) in [6.07, 6.45) is 5.77. The zero-order chi connectivity index (χ0) is 11.2. The van der Waals surface area contributed by atoms with E-state index < -0.39 is 0 Å². The second-order valence-corrected chi connectivity index (χ2v) is 3.52. The summed E-state index contributed by atoms with van der Waals surface area (Å²) in [5.74, 6) is 0. The highest BCUT2D eigenvalue weighted by Gasteiger charge is 2.09. The molecule has 2 rings (SSSR count). The molecule has 0 aliphatic heterocycles. The summed E-state index contributed by atoms with van der Waals surface area (Å²) in [4.78, 5) is 4.03. The maximum Gasteiger partial charge on any atom is 0.214 e. The molecule has 1 heterocycles. The standard InChI is InChI=1S/C13H12N3/c14-7-6-13-10-15-8-9-16(13)11-12-4-2-1-3-5-12/h1-5,8-10H,6,11H2/q+1. The van der Waals surface area contributed by atoms with Crippen molar-refractivity contribution in [3.05, 3.63) is 60.2 Å². The van der Waals surface area contributed by atoms with E-state index in [0.717, 1.165) is 12.2 Å². The highest BCUT2D eigenvalue weighted by atomic mass is 15.0. The Morgan fingerprint density at radius 3 is 2.81 bits per heavy atom. The van der Waals surface area contributed by atoms with E-state index in [1.807, 2.05) is 29.0 Å². The minimum Gasteiger partial charge on any atom is -0.252 e. The monoisotopic (exact) mass is 210 g/mol. The zero-order valence-electron chi connectivity index (χ0n) is 8.87. The highest BCUT2D eigenvalue weighted by molar-refractivity contribution is 5.13. The van der Waals surface area contributed by atoms with Gasteiger partial charge < -0.3 is 0 Å². The third-order valence-electron chi connectivity index (χ3n) is 2.38. The molecule has 0 unspecified atom stereocenters. The molecule has 2 aromatic rings. The lowest BCUT2D eigenvalue weighted by Gasteiger charge is -2.00. The zero-order valence-corrected chi connectivity index (χ0v) is 8.87. The van der Waals surface area contributed by atoms with E-state index in [2.05, 4.69) is 23.2 Å². The summed E-state index contributed by atoms with van der Waals surface area (Å²) in [5.41, 5.74) is 2.16. The van der Waals surface area contributed by atoms with Gasteiger partial charge in [-0.05, 0) is 0 Å². The van der Waals surface area contributed by atoms with Gasteiger partial charge in [0.2, 0.25) is 5.69 Å². The Morgan fingerprint density at radius 1 is 1.25 bits per heavy atom. The van der Waals surface area contributed by atoms with Crippen LogP contribution in [-0.4, -0.2) is 4.98 Å². The topological polar surface area (TPSA) is 40.6 Å². The average molecular weight is 210 g/mol. The maximum atomic E-state index is 8.72. The first kappa shape index (κ1) is 10.3. The fourth-order valence-corrected chi connectivity index (χ4v) is 1.58. The van der Waals surface area contributed by atoms with Gasteiger partial charge in [0.1, 0.15) is 6.42 Å². The number of nitrogens with zero attached hydrogens (tertiary/aromatic N) is 3. The maximum absolute atomic E-state index is 8.72. The van der Waals surface area contributed by atoms with E-state index in [9.17, 15) is 0 Å². The van der Waals surface area contributed by atoms with Crippen LogP contribution in [0.25, 0.3) is 0 Å². The van der Waals surface area contributed by atoms with Gasteiger partial charge in [-0.1, -0.05) is 30.3 Å². The van der Waals surface area contributed by atoms with Crippen molar-refractivity contribution >= 4 is 0 Å². The first-order chi connectivity index (χ1) is 7.90. The SMILES string of the molecule is N#CCc1cncc[n+]1Cc1ccccc1. The van der Waals surface area contributed by atoms with Crippen LogP contribution in [0.3, 0.4) is 0 Å². The molecule has 0 aliphatic carbocycles. The molecular formula is C13H12N3+. The molecule has 16 heavy (non-hydrogen) atoms. The normalized spacial score (nSPS) is 9.69. The van der Waals surface area contributed by atoms with E-state index in [0.29, 0.717) is 6.42 Å². The van der Waals surface area contributed by atoms with Gasteiger partial charge in [-0.15, -0.1) is 0 Å². The summed E-state index contributed by atoms with van der Waals surface area (Å²) < 4.78 is 2.05. The quantitative estimate of drug-likeness (QED) is 0.720. The smallest absolute Gasteiger partial charge is 0.214 e. The predicted octanol–water partition coefficient (Wildman–Crippen LogP) is 1.48. The molecule has 0 spiro atoms. The third-order valence-corrected chi connectivity index (χ3v) is 2.38. The number of benzene rings is 1. The van der Waals surface area contributed by atoms with Crippen LogP contribution in [0.5, 0.6) is 0 Å². The Hall–Kier alpha value is -2.21. The summed E-state index contributed by atoms with van der Waals surface area (Å²) in [6.45, 7) is 0.778. The van der Waals surface area contributed by atoms with Crippen LogP contribution in [0.2, 0.25) is 0 Å². The minimum atomic E-state index is 0.390.